The van der Waals surface area contributed by atoms with Gasteiger partial charge in [-0.1, -0.05) is 23.5 Å². The molecular weight excluding hydrogens is 442 g/mol. The summed E-state index contributed by atoms with van der Waals surface area (Å²) in [4.78, 5) is 41.1. The van der Waals surface area contributed by atoms with E-state index < -0.39 is 41.4 Å². The molecule has 0 saturated carbocycles. The molecule has 7 nitrogen and oxygen atoms in total. The highest BCUT2D eigenvalue weighted by Gasteiger charge is 2.35. The quantitative estimate of drug-likeness (QED) is 0.470. The number of alkyl halides is 3. The molecule has 164 valence electrons. The average Bonchev–Trinajstić information content (AvgIpc) is 3.08. The number of ether oxygens (including phenoxy) is 1. The summed E-state index contributed by atoms with van der Waals surface area (Å²) in [6.45, 7) is 1.87. The van der Waals surface area contributed by atoms with Crippen LogP contribution in [0.25, 0.3) is 4.96 Å². The summed E-state index contributed by atoms with van der Waals surface area (Å²) in [5, 5.41) is 2.49. The topological polar surface area (TPSA) is 89.8 Å². The van der Waals surface area contributed by atoms with Gasteiger partial charge in [0.2, 0.25) is 0 Å². The lowest BCUT2D eigenvalue weighted by atomic mass is 10.0. The van der Waals surface area contributed by atoms with E-state index in [1.807, 2.05) is 0 Å². The molecule has 0 unspecified atom stereocenters. The average molecular weight is 457 g/mol. The third-order valence-electron chi connectivity index (χ3n) is 4.25. The third kappa shape index (κ3) is 4.29. The van der Waals surface area contributed by atoms with Crippen LogP contribution < -0.4 is 10.9 Å². The Morgan fingerprint density at radius 1 is 1.29 bits per heavy atom. The SMILES string of the molecule is CCNC(=O)c1c(C(=O)OC)sc2nc(Cc3cccc(C(F)(F)F)c3F)cc(=O)n12. The second kappa shape index (κ2) is 8.46. The largest absolute Gasteiger partial charge is 0.465 e. The number of aromatic nitrogens is 2. The van der Waals surface area contributed by atoms with Crippen LogP contribution in [0.1, 0.15) is 43.9 Å². The highest BCUT2D eigenvalue weighted by atomic mass is 32.1. The van der Waals surface area contributed by atoms with Gasteiger partial charge in [0.05, 0.1) is 18.4 Å². The van der Waals surface area contributed by atoms with Crippen molar-refractivity contribution in [3.05, 3.63) is 67.8 Å². The number of benzene rings is 1. The van der Waals surface area contributed by atoms with Crippen LogP contribution in [0.5, 0.6) is 0 Å². The number of fused-ring (bicyclic) bond motifs is 1. The second-order valence-electron chi connectivity index (χ2n) is 6.29. The Hall–Kier alpha value is -3.28. The zero-order chi connectivity index (χ0) is 22.9. The van der Waals surface area contributed by atoms with Crippen LogP contribution in [0, 0.1) is 5.82 Å². The smallest absolute Gasteiger partial charge is 0.419 e. The monoisotopic (exact) mass is 457 g/mol. The number of thiazole rings is 1. The Balaban J connectivity index is 2.13. The van der Waals surface area contributed by atoms with Gasteiger partial charge in [0, 0.05) is 19.0 Å². The van der Waals surface area contributed by atoms with Gasteiger partial charge >= 0.3 is 12.1 Å². The maximum absolute atomic E-state index is 14.3. The number of methoxy groups -OCH3 is 1. The van der Waals surface area contributed by atoms with E-state index in [0.717, 1.165) is 29.7 Å². The molecule has 0 radical (unpaired) electrons. The van der Waals surface area contributed by atoms with Crippen molar-refractivity contribution in [1.82, 2.24) is 14.7 Å². The second-order valence-corrected chi connectivity index (χ2v) is 7.27. The lowest BCUT2D eigenvalue weighted by Crippen LogP contribution is -2.29. The van der Waals surface area contributed by atoms with Crippen molar-refractivity contribution >= 4 is 28.2 Å². The van der Waals surface area contributed by atoms with Gasteiger partial charge in [0.15, 0.2) is 4.96 Å². The molecule has 2 heterocycles. The summed E-state index contributed by atoms with van der Waals surface area (Å²) in [5.74, 6) is -3.02. The van der Waals surface area contributed by atoms with Crippen LogP contribution in [0.2, 0.25) is 0 Å². The van der Waals surface area contributed by atoms with Gasteiger partial charge in [-0.25, -0.2) is 18.6 Å². The molecule has 0 spiro atoms. The number of esters is 1. The molecule has 3 rings (SSSR count). The fraction of sp³-hybridized carbons (Fsp3) is 0.263. The maximum atomic E-state index is 14.3. The normalized spacial score (nSPS) is 11.5. The standard InChI is InChI=1S/C19H15F4N3O4S/c1-3-24-16(28)14-15(17(29)30-2)31-18-25-10(8-12(27)26(14)18)7-9-5-4-6-11(13(9)20)19(21,22)23/h4-6,8H,3,7H2,1-2H3,(H,24,28). The van der Waals surface area contributed by atoms with Gasteiger partial charge in [0.25, 0.3) is 11.5 Å². The highest BCUT2D eigenvalue weighted by molar-refractivity contribution is 7.19. The van der Waals surface area contributed by atoms with Crippen molar-refractivity contribution in [3.63, 3.8) is 0 Å². The van der Waals surface area contributed by atoms with Crippen molar-refractivity contribution < 1.29 is 31.9 Å². The van der Waals surface area contributed by atoms with E-state index >= 15 is 0 Å². The summed E-state index contributed by atoms with van der Waals surface area (Å²) in [5.41, 5.74) is -2.77. The Morgan fingerprint density at radius 3 is 2.61 bits per heavy atom. The first-order chi connectivity index (χ1) is 14.6. The predicted molar refractivity (Wildman–Crippen MR) is 103 cm³/mol. The minimum absolute atomic E-state index is 0.0247. The van der Waals surface area contributed by atoms with Crippen LogP contribution in [0.4, 0.5) is 17.6 Å². The molecular formula is C19H15F4N3O4S. The molecule has 1 aromatic carbocycles. The van der Waals surface area contributed by atoms with Crippen LogP contribution in [-0.2, 0) is 17.3 Å². The number of amides is 1. The van der Waals surface area contributed by atoms with Crippen molar-refractivity contribution in [2.45, 2.75) is 19.5 Å². The summed E-state index contributed by atoms with van der Waals surface area (Å²) < 4.78 is 58.7. The summed E-state index contributed by atoms with van der Waals surface area (Å²) in [7, 11) is 1.10. The van der Waals surface area contributed by atoms with E-state index in [-0.39, 0.29) is 33.3 Å². The maximum Gasteiger partial charge on any atom is 0.419 e. The molecule has 0 aliphatic rings. The number of halogens is 4. The van der Waals surface area contributed by atoms with Gasteiger partial charge in [-0.3, -0.25) is 9.59 Å². The van der Waals surface area contributed by atoms with E-state index in [9.17, 15) is 31.9 Å². The fourth-order valence-corrected chi connectivity index (χ4v) is 3.99. The number of hydrogen-bond donors (Lipinski definition) is 1. The van der Waals surface area contributed by atoms with Gasteiger partial charge in [-0.2, -0.15) is 13.2 Å². The first-order valence-electron chi connectivity index (χ1n) is 8.85. The van der Waals surface area contributed by atoms with Gasteiger partial charge in [-0.05, 0) is 18.6 Å². The molecule has 0 aliphatic carbocycles. The van der Waals surface area contributed by atoms with Crippen molar-refractivity contribution in [1.29, 1.82) is 0 Å². The van der Waals surface area contributed by atoms with Gasteiger partial charge in [0.1, 0.15) is 16.4 Å². The van der Waals surface area contributed by atoms with Crippen molar-refractivity contribution in [3.8, 4) is 0 Å². The molecule has 1 amide bonds. The molecule has 0 atom stereocenters. The molecule has 0 fully saturated rings. The van der Waals surface area contributed by atoms with Crippen LogP contribution in [-0.4, -0.2) is 34.9 Å². The van der Waals surface area contributed by atoms with Crippen LogP contribution in [0.3, 0.4) is 0 Å². The zero-order valence-electron chi connectivity index (χ0n) is 16.2. The summed E-state index contributed by atoms with van der Waals surface area (Å²) in [6.07, 6.45) is -5.27. The van der Waals surface area contributed by atoms with Crippen molar-refractivity contribution in [2.75, 3.05) is 13.7 Å². The van der Waals surface area contributed by atoms with Crippen molar-refractivity contribution in [2.24, 2.45) is 0 Å². The van der Waals surface area contributed by atoms with Crippen LogP contribution >= 0.6 is 11.3 Å². The Bertz CT molecular complexity index is 1230. The minimum Gasteiger partial charge on any atom is -0.465 e. The number of rotatable bonds is 5. The van der Waals surface area contributed by atoms with E-state index in [2.05, 4.69) is 15.0 Å². The molecule has 0 aliphatic heterocycles. The zero-order valence-corrected chi connectivity index (χ0v) is 17.0. The number of nitrogens with zero attached hydrogens (tertiary/aromatic N) is 2. The molecule has 0 saturated heterocycles. The lowest BCUT2D eigenvalue weighted by molar-refractivity contribution is -0.140. The molecule has 3 aromatic rings. The Labute approximate surface area is 176 Å². The van der Waals surface area contributed by atoms with Gasteiger partial charge < -0.3 is 10.1 Å². The lowest BCUT2D eigenvalue weighted by Gasteiger charge is -2.11. The molecule has 31 heavy (non-hydrogen) atoms. The predicted octanol–water partition coefficient (Wildman–Crippen LogP) is 3.04. The number of carbonyl (C=O) groups is 2. The van der Waals surface area contributed by atoms with Gasteiger partial charge in [-0.15, -0.1) is 0 Å². The Kier molecular flexibility index (Phi) is 6.11. The molecule has 1 N–H and O–H groups in total. The number of nitrogens with one attached hydrogen (secondary N) is 1. The van der Waals surface area contributed by atoms with Crippen LogP contribution in [0.15, 0.2) is 29.1 Å². The van der Waals surface area contributed by atoms with E-state index in [1.165, 1.54) is 0 Å². The number of hydrogen-bond acceptors (Lipinski definition) is 6. The molecule has 0 bridgehead atoms. The van der Waals surface area contributed by atoms with E-state index in [0.29, 0.717) is 17.4 Å². The summed E-state index contributed by atoms with van der Waals surface area (Å²) >= 11 is 0.704. The molecule has 12 heteroatoms. The fourth-order valence-electron chi connectivity index (χ4n) is 2.92. The third-order valence-corrected chi connectivity index (χ3v) is 5.27. The first-order valence-corrected chi connectivity index (χ1v) is 9.66. The molecule has 2 aromatic heterocycles. The minimum atomic E-state index is -4.87. The van der Waals surface area contributed by atoms with E-state index in [4.69, 9.17) is 0 Å². The Morgan fingerprint density at radius 2 is 2.00 bits per heavy atom. The highest BCUT2D eigenvalue weighted by Crippen LogP contribution is 2.33. The summed E-state index contributed by atoms with van der Waals surface area (Å²) in [6, 6.07) is 3.80. The number of carbonyl (C=O) groups excluding carboxylic acids is 2. The van der Waals surface area contributed by atoms with E-state index in [1.54, 1.807) is 6.92 Å². The first kappa shape index (κ1) is 22.4.